The zero-order valence-electron chi connectivity index (χ0n) is 10.2. The van der Waals surface area contributed by atoms with Gasteiger partial charge in [0, 0.05) is 6.42 Å². The van der Waals surface area contributed by atoms with Crippen molar-refractivity contribution in [1.82, 2.24) is 5.32 Å². The minimum absolute atomic E-state index is 0.104. The smallest absolute Gasteiger partial charge is 0.326 e. The Morgan fingerprint density at radius 1 is 1.38 bits per heavy atom. The number of carbonyl (C=O) groups excluding carboxylic acids is 1. The SMILES string of the molecule is CC(C)(C)CC(=O)NC(CC1CC1)C(=O)O. The first-order valence-corrected chi connectivity index (χ1v) is 5.80. The summed E-state index contributed by atoms with van der Waals surface area (Å²) in [6.45, 7) is 5.88. The average Bonchev–Trinajstić information content (AvgIpc) is 2.82. The topological polar surface area (TPSA) is 66.4 Å². The maximum atomic E-state index is 11.6. The van der Waals surface area contributed by atoms with Crippen molar-refractivity contribution >= 4 is 11.9 Å². The zero-order valence-corrected chi connectivity index (χ0v) is 10.2. The predicted molar refractivity (Wildman–Crippen MR) is 61.0 cm³/mol. The third-order valence-electron chi connectivity index (χ3n) is 2.59. The van der Waals surface area contributed by atoms with Crippen molar-refractivity contribution in [2.75, 3.05) is 0 Å². The number of aliphatic carboxylic acids is 1. The molecule has 0 bridgehead atoms. The van der Waals surface area contributed by atoms with Gasteiger partial charge in [0.05, 0.1) is 0 Å². The molecule has 0 radical (unpaired) electrons. The third-order valence-corrected chi connectivity index (χ3v) is 2.59. The van der Waals surface area contributed by atoms with Crippen LogP contribution in [0, 0.1) is 11.3 Å². The molecule has 0 heterocycles. The van der Waals surface area contributed by atoms with Crippen molar-refractivity contribution in [3.8, 4) is 0 Å². The molecule has 1 rings (SSSR count). The van der Waals surface area contributed by atoms with Crippen molar-refractivity contribution in [1.29, 1.82) is 0 Å². The summed E-state index contributed by atoms with van der Waals surface area (Å²) >= 11 is 0. The van der Waals surface area contributed by atoms with E-state index in [1.807, 2.05) is 20.8 Å². The lowest BCUT2D eigenvalue weighted by molar-refractivity contribution is -0.142. The van der Waals surface area contributed by atoms with Gasteiger partial charge < -0.3 is 10.4 Å². The Bertz CT molecular complexity index is 276. The molecule has 4 heteroatoms. The van der Waals surface area contributed by atoms with E-state index in [1.165, 1.54) is 0 Å². The summed E-state index contributed by atoms with van der Waals surface area (Å²) in [6, 6.07) is -0.706. The van der Waals surface area contributed by atoms with Gasteiger partial charge in [0.25, 0.3) is 0 Å². The van der Waals surface area contributed by atoms with Crippen LogP contribution in [-0.4, -0.2) is 23.0 Å². The normalized spacial score (nSPS) is 17.9. The lowest BCUT2D eigenvalue weighted by atomic mass is 9.92. The molecule has 1 atom stereocenters. The van der Waals surface area contributed by atoms with E-state index >= 15 is 0 Å². The van der Waals surface area contributed by atoms with Crippen molar-refractivity contribution in [2.45, 2.75) is 52.5 Å². The van der Waals surface area contributed by atoms with Crippen LogP contribution in [0.25, 0.3) is 0 Å². The van der Waals surface area contributed by atoms with E-state index in [9.17, 15) is 9.59 Å². The highest BCUT2D eigenvalue weighted by Crippen LogP contribution is 2.33. The van der Waals surface area contributed by atoms with Gasteiger partial charge in [0.1, 0.15) is 6.04 Å². The fourth-order valence-corrected chi connectivity index (χ4v) is 1.64. The second kappa shape index (κ2) is 4.85. The number of nitrogens with one attached hydrogen (secondary N) is 1. The van der Waals surface area contributed by atoms with E-state index < -0.39 is 12.0 Å². The molecule has 0 aromatic heterocycles. The highest BCUT2D eigenvalue weighted by molar-refractivity contribution is 5.83. The first-order valence-electron chi connectivity index (χ1n) is 5.80. The summed E-state index contributed by atoms with van der Waals surface area (Å²) in [6.07, 6.45) is 3.13. The minimum atomic E-state index is -0.922. The van der Waals surface area contributed by atoms with Crippen molar-refractivity contribution < 1.29 is 14.7 Å². The van der Waals surface area contributed by atoms with Gasteiger partial charge in [0.15, 0.2) is 0 Å². The molecule has 1 amide bonds. The van der Waals surface area contributed by atoms with Crippen LogP contribution in [0.15, 0.2) is 0 Å². The Morgan fingerprint density at radius 2 is 1.94 bits per heavy atom. The lowest BCUT2D eigenvalue weighted by Gasteiger charge is -2.20. The number of hydrogen-bond donors (Lipinski definition) is 2. The van der Waals surface area contributed by atoms with Crippen LogP contribution in [0.4, 0.5) is 0 Å². The van der Waals surface area contributed by atoms with E-state index in [2.05, 4.69) is 5.32 Å². The number of amides is 1. The molecule has 1 aliphatic carbocycles. The van der Waals surface area contributed by atoms with Gasteiger partial charge >= 0.3 is 5.97 Å². The van der Waals surface area contributed by atoms with Crippen LogP contribution >= 0.6 is 0 Å². The van der Waals surface area contributed by atoms with Crippen LogP contribution < -0.4 is 5.32 Å². The fraction of sp³-hybridized carbons (Fsp3) is 0.833. The molecule has 0 aromatic rings. The van der Waals surface area contributed by atoms with Crippen LogP contribution in [0.3, 0.4) is 0 Å². The Hall–Kier alpha value is -1.06. The Balaban J connectivity index is 2.41. The molecule has 4 nitrogen and oxygen atoms in total. The largest absolute Gasteiger partial charge is 0.480 e. The minimum Gasteiger partial charge on any atom is -0.480 e. The average molecular weight is 227 g/mol. The van der Waals surface area contributed by atoms with Gasteiger partial charge in [-0.25, -0.2) is 4.79 Å². The quantitative estimate of drug-likeness (QED) is 0.752. The molecule has 16 heavy (non-hydrogen) atoms. The number of carboxylic acids is 1. The zero-order chi connectivity index (χ0) is 12.3. The second-order valence-corrected chi connectivity index (χ2v) is 5.87. The molecule has 92 valence electrons. The molecular weight excluding hydrogens is 206 g/mol. The van der Waals surface area contributed by atoms with Gasteiger partial charge in [0.2, 0.25) is 5.91 Å². The van der Waals surface area contributed by atoms with E-state index in [0.717, 1.165) is 12.8 Å². The summed E-state index contributed by atoms with van der Waals surface area (Å²) in [7, 11) is 0. The van der Waals surface area contributed by atoms with E-state index in [0.29, 0.717) is 18.8 Å². The molecule has 1 unspecified atom stereocenters. The van der Waals surface area contributed by atoms with Gasteiger partial charge in [-0.3, -0.25) is 4.79 Å². The summed E-state index contributed by atoms with van der Waals surface area (Å²) in [5.74, 6) is -0.592. The van der Waals surface area contributed by atoms with Crippen LogP contribution in [0.5, 0.6) is 0 Å². The third kappa shape index (κ3) is 5.14. The van der Waals surface area contributed by atoms with Crippen LogP contribution in [-0.2, 0) is 9.59 Å². The molecule has 1 fully saturated rings. The van der Waals surface area contributed by atoms with Crippen LogP contribution in [0.2, 0.25) is 0 Å². The van der Waals surface area contributed by atoms with Gasteiger partial charge in [-0.05, 0) is 17.8 Å². The summed E-state index contributed by atoms with van der Waals surface area (Å²) in [4.78, 5) is 22.6. The number of carbonyl (C=O) groups is 2. The number of rotatable bonds is 5. The van der Waals surface area contributed by atoms with Gasteiger partial charge in [-0.15, -0.1) is 0 Å². The molecule has 0 aromatic carbocycles. The van der Waals surface area contributed by atoms with Crippen molar-refractivity contribution in [3.63, 3.8) is 0 Å². The van der Waals surface area contributed by atoms with Gasteiger partial charge in [-0.1, -0.05) is 33.6 Å². The molecule has 0 saturated heterocycles. The first kappa shape index (κ1) is 13.0. The Labute approximate surface area is 96.4 Å². The fourth-order valence-electron chi connectivity index (χ4n) is 1.64. The molecule has 0 spiro atoms. The van der Waals surface area contributed by atoms with E-state index in [-0.39, 0.29) is 11.3 Å². The molecule has 0 aliphatic heterocycles. The molecular formula is C12H21NO3. The van der Waals surface area contributed by atoms with Crippen molar-refractivity contribution in [2.24, 2.45) is 11.3 Å². The molecule has 1 aliphatic rings. The van der Waals surface area contributed by atoms with Crippen molar-refractivity contribution in [3.05, 3.63) is 0 Å². The monoisotopic (exact) mass is 227 g/mol. The highest BCUT2D eigenvalue weighted by Gasteiger charge is 2.30. The first-order chi connectivity index (χ1) is 7.28. The standard InChI is InChI=1S/C12H21NO3/c1-12(2,3)7-10(14)13-9(11(15)16)6-8-4-5-8/h8-9H,4-7H2,1-3H3,(H,13,14)(H,15,16). The number of hydrogen-bond acceptors (Lipinski definition) is 2. The molecule has 2 N–H and O–H groups in total. The predicted octanol–water partition coefficient (Wildman–Crippen LogP) is 1.79. The maximum absolute atomic E-state index is 11.6. The maximum Gasteiger partial charge on any atom is 0.326 e. The Kier molecular flexibility index (Phi) is 3.94. The molecule has 1 saturated carbocycles. The second-order valence-electron chi connectivity index (χ2n) is 5.87. The van der Waals surface area contributed by atoms with Crippen LogP contribution in [0.1, 0.15) is 46.5 Å². The Morgan fingerprint density at radius 3 is 2.31 bits per heavy atom. The highest BCUT2D eigenvalue weighted by atomic mass is 16.4. The van der Waals surface area contributed by atoms with Gasteiger partial charge in [-0.2, -0.15) is 0 Å². The van der Waals surface area contributed by atoms with E-state index in [1.54, 1.807) is 0 Å². The number of carboxylic acid groups (broad SMARTS) is 1. The summed E-state index contributed by atoms with van der Waals surface area (Å²) < 4.78 is 0. The summed E-state index contributed by atoms with van der Waals surface area (Å²) in [5.41, 5.74) is -0.104. The van der Waals surface area contributed by atoms with E-state index in [4.69, 9.17) is 5.11 Å². The summed E-state index contributed by atoms with van der Waals surface area (Å²) in [5, 5.41) is 11.6. The lowest BCUT2D eigenvalue weighted by Crippen LogP contribution is -2.42.